The molecule has 0 aliphatic heterocycles. The Balaban J connectivity index is 4.37. The van der Waals surface area contributed by atoms with E-state index in [1.807, 2.05) is 28.2 Å². The third-order valence-corrected chi connectivity index (χ3v) is 2.04. The van der Waals surface area contributed by atoms with Crippen LogP contribution in [-0.2, 0) is 19.4 Å². The molecular formula is C13H29N3O4+2. The number of quaternary nitrogens is 2. The average molecular weight is 291 g/mol. The summed E-state index contributed by atoms with van der Waals surface area (Å²) < 4.78 is 5.34. The second-order valence-corrected chi connectivity index (χ2v) is 5.87. The molecule has 0 rings (SSSR count). The first-order chi connectivity index (χ1) is 8.95. The molecule has 0 saturated carbocycles. The Morgan fingerprint density at radius 1 is 1.20 bits per heavy atom. The van der Waals surface area contributed by atoms with Crippen LogP contribution in [-0.4, -0.2) is 75.9 Å². The van der Waals surface area contributed by atoms with Crippen molar-refractivity contribution >= 4 is 5.97 Å². The van der Waals surface area contributed by atoms with E-state index < -0.39 is 0 Å². The fourth-order valence-corrected chi connectivity index (χ4v) is 1.60. The first-order valence-corrected chi connectivity index (χ1v) is 6.53. The standard InChI is InChI=1S/C13H29N3O4/c1-12(2)13(17)18-11-9-10-16(8,19-14(3)4)20-15(5,6)7/h1,9-11H2,2-8H3/q+2. The Hall–Kier alpha value is -0.990. The van der Waals surface area contributed by atoms with Gasteiger partial charge in [0.25, 0.3) is 0 Å². The minimum absolute atomic E-state index is 0.0683. The summed E-state index contributed by atoms with van der Waals surface area (Å²) in [5, 5.41) is 1.58. The number of hydrogen-bond donors (Lipinski definition) is 0. The monoisotopic (exact) mass is 291 g/mol. The van der Waals surface area contributed by atoms with Gasteiger partial charge in [-0.2, -0.15) is 0 Å². The van der Waals surface area contributed by atoms with E-state index in [1.165, 1.54) is 0 Å². The van der Waals surface area contributed by atoms with Gasteiger partial charge in [0.05, 0.1) is 6.61 Å². The molecule has 0 aromatic heterocycles. The number of carbonyl (C=O) groups is 1. The maximum atomic E-state index is 11.3. The smallest absolute Gasteiger partial charge is 0.333 e. The van der Waals surface area contributed by atoms with Crippen LogP contribution in [0.1, 0.15) is 13.3 Å². The lowest BCUT2D eigenvalue weighted by molar-refractivity contribution is -1.40. The number of esters is 1. The minimum atomic E-state index is -0.375. The molecule has 1 unspecified atom stereocenters. The number of ether oxygens (including phenoxy) is 1. The second-order valence-electron chi connectivity index (χ2n) is 5.87. The predicted octanol–water partition coefficient (Wildman–Crippen LogP) is 0.903. The number of nitrogens with zero attached hydrogens (tertiary/aromatic N) is 3. The van der Waals surface area contributed by atoms with Crippen LogP contribution in [0.3, 0.4) is 0 Å². The molecule has 20 heavy (non-hydrogen) atoms. The second kappa shape index (κ2) is 7.70. The molecule has 7 nitrogen and oxygen atoms in total. The van der Waals surface area contributed by atoms with Crippen LogP contribution in [0.4, 0.5) is 0 Å². The molecular weight excluding hydrogens is 262 g/mol. The Bertz CT molecular complexity index is 339. The Labute approximate surface area is 121 Å². The van der Waals surface area contributed by atoms with Crippen molar-refractivity contribution < 1.29 is 28.9 Å². The van der Waals surface area contributed by atoms with Gasteiger partial charge in [0.2, 0.25) is 0 Å². The zero-order valence-electron chi connectivity index (χ0n) is 13.8. The fraction of sp³-hybridized carbons (Fsp3) is 0.769. The molecule has 0 fully saturated rings. The summed E-state index contributed by atoms with van der Waals surface area (Å²) in [6, 6.07) is 0. The first-order valence-electron chi connectivity index (χ1n) is 6.53. The fourth-order valence-electron chi connectivity index (χ4n) is 1.60. The van der Waals surface area contributed by atoms with Gasteiger partial charge >= 0.3 is 5.97 Å². The van der Waals surface area contributed by atoms with Crippen molar-refractivity contribution in [2.45, 2.75) is 13.3 Å². The van der Waals surface area contributed by atoms with Crippen LogP contribution < -0.4 is 0 Å². The Kier molecular flexibility index (Phi) is 7.32. The molecule has 0 N–H and O–H groups in total. The quantitative estimate of drug-likeness (QED) is 0.208. The highest BCUT2D eigenvalue weighted by atomic mass is 17.1. The van der Waals surface area contributed by atoms with E-state index in [0.717, 1.165) is 0 Å². The highest BCUT2D eigenvalue weighted by Gasteiger charge is 2.36. The molecule has 0 radical (unpaired) electrons. The van der Waals surface area contributed by atoms with Crippen LogP contribution in [0, 0.1) is 0 Å². The number of carbonyl (C=O) groups excluding carboxylic acids is 1. The summed E-state index contributed by atoms with van der Waals surface area (Å²) in [6.07, 6.45) is 0.614. The van der Waals surface area contributed by atoms with Gasteiger partial charge in [-0.25, -0.2) is 4.79 Å². The molecule has 0 aliphatic carbocycles. The summed E-state index contributed by atoms with van der Waals surface area (Å²) >= 11 is 0. The van der Waals surface area contributed by atoms with Crippen molar-refractivity contribution in [3.05, 3.63) is 12.2 Å². The molecule has 0 amide bonds. The zero-order valence-corrected chi connectivity index (χ0v) is 13.8. The maximum absolute atomic E-state index is 11.3. The van der Waals surface area contributed by atoms with Crippen molar-refractivity contribution in [3.63, 3.8) is 0 Å². The summed E-state index contributed by atoms with van der Waals surface area (Å²) in [4.78, 5) is 22.7. The molecule has 0 aromatic rings. The van der Waals surface area contributed by atoms with Crippen molar-refractivity contribution in [2.75, 3.05) is 55.4 Å². The molecule has 0 heterocycles. The van der Waals surface area contributed by atoms with E-state index in [0.29, 0.717) is 25.1 Å². The first kappa shape index (κ1) is 19.0. The van der Waals surface area contributed by atoms with Crippen LogP contribution in [0.5, 0.6) is 0 Å². The van der Waals surface area contributed by atoms with Gasteiger partial charge in [0.1, 0.15) is 28.2 Å². The maximum Gasteiger partial charge on any atom is 0.333 e. The third-order valence-electron chi connectivity index (χ3n) is 2.04. The van der Waals surface area contributed by atoms with E-state index in [2.05, 4.69) is 6.58 Å². The van der Waals surface area contributed by atoms with E-state index in [1.54, 1.807) is 26.1 Å². The molecule has 0 aromatic carbocycles. The lowest BCUT2D eigenvalue weighted by Crippen LogP contribution is -2.56. The van der Waals surface area contributed by atoms with Gasteiger partial charge in [0, 0.05) is 35.8 Å². The van der Waals surface area contributed by atoms with Crippen molar-refractivity contribution in [1.29, 1.82) is 0 Å². The molecule has 7 heteroatoms. The van der Waals surface area contributed by atoms with Gasteiger partial charge < -0.3 is 4.74 Å². The van der Waals surface area contributed by atoms with Crippen LogP contribution in [0.15, 0.2) is 12.2 Å². The SMILES string of the molecule is C=C(C)C(=O)OCCC[N+](C)(ON(C)C)O[N+](C)(C)C. The summed E-state index contributed by atoms with van der Waals surface area (Å²) in [5.74, 6) is -0.375. The van der Waals surface area contributed by atoms with Crippen molar-refractivity contribution in [2.24, 2.45) is 0 Å². The van der Waals surface area contributed by atoms with Crippen molar-refractivity contribution in [3.8, 4) is 0 Å². The summed E-state index contributed by atoms with van der Waals surface area (Å²) in [6.45, 7) is 6.00. The molecule has 0 spiro atoms. The summed E-state index contributed by atoms with van der Waals surface area (Å²) in [7, 11) is 11.1. The molecule has 118 valence electrons. The molecule has 1 atom stereocenters. The highest BCUT2D eigenvalue weighted by Crippen LogP contribution is 2.13. The summed E-state index contributed by atoms with van der Waals surface area (Å²) in [5.41, 5.74) is 0.398. The third kappa shape index (κ3) is 9.00. The number of hydrogen-bond acceptors (Lipinski definition) is 5. The van der Waals surface area contributed by atoms with E-state index >= 15 is 0 Å². The molecule has 0 aliphatic rings. The minimum Gasteiger partial charge on any atom is -0.462 e. The van der Waals surface area contributed by atoms with Crippen molar-refractivity contribution in [1.82, 2.24) is 5.06 Å². The molecule has 0 bridgehead atoms. The van der Waals surface area contributed by atoms with Crippen LogP contribution >= 0.6 is 0 Å². The van der Waals surface area contributed by atoms with E-state index in [4.69, 9.17) is 14.6 Å². The van der Waals surface area contributed by atoms with Gasteiger partial charge in [-0.1, -0.05) is 11.5 Å². The van der Waals surface area contributed by atoms with Gasteiger partial charge in [-0.15, -0.1) is 9.71 Å². The lowest BCUT2D eigenvalue weighted by Gasteiger charge is -2.32. The zero-order chi connectivity index (χ0) is 16.0. The van der Waals surface area contributed by atoms with Crippen LogP contribution in [0.25, 0.3) is 0 Å². The van der Waals surface area contributed by atoms with E-state index in [9.17, 15) is 4.79 Å². The Morgan fingerprint density at radius 3 is 2.15 bits per heavy atom. The lowest BCUT2D eigenvalue weighted by atomic mass is 10.3. The number of rotatable bonds is 9. The van der Waals surface area contributed by atoms with E-state index in [-0.39, 0.29) is 15.4 Å². The van der Waals surface area contributed by atoms with Gasteiger partial charge in [-0.3, -0.25) is 0 Å². The number of hydroxylamine groups is 9. The average Bonchev–Trinajstić information content (AvgIpc) is 2.19. The highest BCUT2D eigenvalue weighted by molar-refractivity contribution is 5.86. The van der Waals surface area contributed by atoms with Gasteiger partial charge in [-0.05, 0) is 6.92 Å². The predicted molar refractivity (Wildman–Crippen MR) is 75.3 cm³/mol. The van der Waals surface area contributed by atoms with Crippen LogP contribution in [0.2, 0.25) is 0 Å². The molecule has 0 saturated heterocycles. The topological polar surface area (TPSA) is 48.0 Å². The largest absolute Gasteiger partial charge is 0.462 e. The normalized spacial score (nSPS) is 15.0. The Morgan fingerprint density at radius 2 is 1.75 bits per heavy atom. The van der Waals surface area contributed by atoms with Gasteiger partial charge in [0.15, 0.2) is 6.54 Å².